The van der Waals surface area contributed by atoms with Crippen molar-refractivity contribution in [2.45, 2.75) is 25.2 Å². The van der Waals surface area contributed by atoms with Crippen molar-refractivity contribution >= 4 is 32.8 Å². The van der Waals surface area contributed by atoms with Crippen molar-refractivity contribution in [3.63, 3.8) is 0 Å². The molecular formula is C9H13ClN2O2S2. The second-order valence-corrected chi connectivity index (χ2v) is 7.63. The highest BCUT2D eigenvalue weighted by molar-refractivity contribution is 7.91. The fourth-order valence-corrected chi connectivity index (χ4v) is 4.75. The van der Waals surface area contributed by atoms with Gasteiger partial charge in [0, 0.05) is 18.2 Å². The normalized spacial score (nSPS) is 23.7. The first kappa shape index (κ1) is 12.3. The molecule has 1 aromatic rings. The first-order valence-corrected chi connectivity index (χ1v) is 8.36. The van der Waals surface area contributed by atoms with Crippen LogP contribution in [0.2, 0.25) is 0 Å². The topological polar surface area (TPSA) is 59.9 Å². The van der Waals surface area contributed by atoms with E-state index in [0.717, 1.165) is 22.9 Å². The highest BCUT2D eigenvalue weighted by Crippen LogP contribution is 2.30. The highest BCUT2D eigenvalue weighted by Gasteiger charge is 2.31. The average Bonchev–Trinajstić information content (AvgIpc) is 2.81. The van der Waals surface area contributed by atoms with E-state index in [-0.39, 0.29) is 17.4 Å². The molecule has 0 saturated carbocycles. The van der Waals surface area contributed by atoms with E-state index in [1.807, 2.05) is 0 Å². The summed E-state index contributed by atoms with van der Waals surface area (Å²) in [6, 6.07) is 0. The molecule has 2 rings (SSSR count). The third-order valence-corrected chi connectivity index (χ3v) is 5.77. The molecule has 1 atom stereocenters. The van der Waals surface area contributed by atoms with Crippen molar-refractivity contribution in [3.05, 3.63) is 10.0 Å². The van der Waals surface area contributed by atoms with Crippen LogP contribution >= 0.6 is 22.9 Å². The predicted molar refractivity (Wildman–Crippen MR) is 65.0 cm³/mol. The summed E-state index contributed by atoms with van der Waals surface area (Å²) in [6.07, 6.45) is 2.41. The number of hydrogen-bond acceptors (Lipinski definition) is 5. The minimum Gasteiger partial charge on any atom is -0.229 e. The van der Waals surface area contributed by atoms with Gasteiger partial charge in [-0.25, -0.2) is 8.42 Å². The van der Waals surface area contributed by atoms with Gasteiger partial charge in [0.1, 0.15) is 10.0 Å². The van der Waals surface area contributed by atoms with Gasteiger partial charge in [0.2, 0.25) is 0 Å². The summed E-state index contributed by atoms with van der Waals surface area (Å²) >= 11 is 7.13. The summed E-state index contributed by atoms with van der Waals surface area (Å²) in [5.74, 6) is 1.20. The minimum absolute atomic E-state index is 0.0623. The predicted octanol–water partition coefficient (Wildman–Crippen LogP) is 1.61. The Hall–Kier alpha value is -0.200. The standard InChI is InChI=1S/C9H13ClN2O2S2/c10-4-1-2-8-11-12-9(15-8)7-3-5-16(13,14)6-7/h7H,1-6H2. The number of aryl methyl sites for hydroxylation is 1. The van der Waals surface area contributed by atoms with Gasteiger partial charge in [-0.3, -0.25) is 0 Å². The summed E-state index contributed by atoms with van der Waals surface area (Å²) in [4.78, 5) is 0. The van der Waals surface area contributed by atoms with Gasteiger partial charge in [0.25, 0.3) is 0 Å². The van der Waals surface area contributed by atoms with Crippen molar-refractivity contribution in [1.82, 2.24) is 10.2 Å². The maximum absolute atomic E-state index is 11.3. The second kappa shape index (κ2) is 4.98. The molecule has 1 aliphatic heterocycles. The molecule has 0 N–H and O–H groups in total. The van der Waals surface area contributed by atoms with Crippen LogP contribution in [0.4, 0.5) is 0 Å². The Morgan fingerprint density at radius 3 is 2.88 bits per heavy atom. The SMILES string of the molecule is O=S1(=O)CCC(c2nnc(CCCCl)s2)C1. The summed E-state index contributed by atoms with van der Waals surface area (Å²) in [5.41, 5.74) is 0. The highest BCUT2D eigenvalue weighted by atomic mass is 35.5. The number of nitrogens with zero attached hydrogens (tertiary/aromatic N) is 2. The van der Waals surface area contributed by atoms with Gasteiger partial charge in [-0.05, 0) is 12.8 Å². The molecule has 0 spiro atoms. The molecule has 4 nitrogen and oxygen atoms in total. The molecular weight excluding hydrogens is 268 g/mol. The van der Waals surface area contributed by atoms with Crippen LogP contribution in [0.3, 0.4) is 0 Å². The first-order valence-electron chi connectivity index (χ1n) is 5.19. The maximum Gasteiger partial charge on any atom is 0.151 e. The van der Waals surface area contributed by atoms with E-state index in [1.165, 1.54) is 11.3 Å². The van der Waals surface area contributed by atoms with E-state index in [9.17, 15) is 8.42 Å². The van der Waals surface area contributed by atoms with Gasteiger partial charge in [0.15, 0.2) is 9.84 Å². The van der Waals surface area contributed by atoms with Gasteiger partial charge in [-0.15, -0.1) is 33.1 Å². The molecule has 7 heteroatoms. The van der Waals surface area contributed by atoms with E-state index in [1.54, 1.807) is 0 Å². The molecule has 0 radical (unpaired) electrons. The minimum atomic E-state index is -2.83. The molecule has 0 aliphatic carbocycles. The molecule has 0 bridgehead atoms. The monoisotopic (exact) mass is 280 g/mol. The smallest absolute Gasteiger partial charge is 0.151 e. The number of alkyl halides is 1. The molecule has 1 unspecified atom stereocenters. The molecule has 2 heterocycles. The van der Waals surface area contributed by atoms with E-state index in [4.69, 9.17) is 11.6 Å². The van der Waals surface area contributed by atoms with Gasteiger partial charge < -0.3 is 0 Å². The lowest BCUT2D eigenvalue weighted by Crippen LogP contribution is -2.03. The van der Waals surface area contributed by atoms with Crippen molar-refractivity contribution in [3.8, 4) is 0 Å². The van der Waals surface area contributed by atoms with Crippen LogP contribution in [-0.4, -0.2) is 36.0 Å². The lowest BCUT2D eigenvalue weighted by Gasteiger charge is -1.99. The Kier molecular flexibility index (Phi) is 3.81. The van der Waals surface area contributed by atoms with E-state index >= 15 is 0 Å². The molecule has 0 amide bonds. The van der Waals surface area contributed by atoms with Crippen molar-refractivity contribution < 1.29 is 8.42 Å². The molecule has 16 heavy (non-hydrogen) atoms. The fraction of sp³-hybridized carbons (Fsp3) is 0.778. The number of halogens is 1. The van der Waals surface area contributed by atoms with Crippen LogP contribution in [0.5, 0.6) is 0 Å². The Bertz CT molecular complexity index is 458. The molecule has 90 valence electrons. The third kappa shape index (κ3) is 2.93. The van der Waals surface area contributed by atoms with Crippen LogP contribution in [0.15, 0.2) is 0 Å². The number of rotatable bonds is 4. The molecule has 1 saturated heterocycles. The molecule has 1 aliphatic rings. The Labute approximate surface area is 104 Å². The fourth-order valence-electron chi connectivity index (χ4n) is 1.74. The largest absolute Gasteiger partial charge is 0.229 e. The van der Waals surface area contributed by atoms with Crippen molar-refractivity contribution in [2.24, 2.45) is 0 Å². The summed E-state index contributed by atoms with van der Waals surface area (Å²) in [7, 11) is -2.83. The van der Waals surface area contributed by atoms with E-state index < -0.39 is 9.84 Å². The summed E-state index contributed by atoms with van der Waals surface area (Å²) in [5, 5.41) is 9.96. The van der Waals surface area contributed by atoms with Crippen LogP contribution in [0, 0.1) is 0 Å². The summed E-state index contributed by atoms with van der Waals surface area (Å²) in [6.45, 7) is 0. The zero-order chi connectivity index (χ0) is 11.6. The van der Waals surface area contributed by atoms with Gasteiger partial charge in [0.05, 0.1) is 11.5 Å². The van der Waals surface area contributed by atoms with Gasteiger partial charge in [-0.2, -0.15) is 0 Å². The van der Waals surface area contributed by atoms with Crippen molar-refractivity contribution in [1.29, 1.82) is 0 Å². The van der Waals surface area contributed by atoms with Crippen LogP contribution in [0.1, 0.15) is 28.8 Å². The third-order valence-electron chi connectivity index (χ3n) is 2.59. The number of aromatic nitrogens is 2. The zero-order valence-electron chi connectivity index (χ0n) is 8.73. The second-order valence-electron chi connectivity index (χ2n) is 3.93. The Morgan fingerprint density at radius 2 is 2.25 bits per heavy atom. The Balaban J connectivity index is 2.02. The number of hydrogen-bond donors (Lipinski definition) is 0. The van der Waals surface area contributed by atoms with Crippen LogP contribution in [0.25, 0.3) is 0 Å². The van der Waals surface area contributed by atoms with Gasteiger partial charge in [-0.1, -0.05) is 0 Å². The van der Waals surface area contributed by atoms with E-state index in [0.29, 0.717) is 12.3 Å². The first-order chi connectivity index (χ1) is 7.61. The lowest BCUT2D eigenvalue weighted by molar-refractivity contribution is 0.601. The molecule has 1 aromatic heterocycles. The maximum atomic E-state index is 11.3. The zero-order valence-corrected chi connectivity index (χ0v) is 11.1. The van der Waals surface area contributed by atoms with Crippen molar-refractivity contribution in [2.75, 3.05) is 17.4 Å². The van der Waals surface area contributed by atoms with Crippen LogP contribution in [-0.2, 0) is 16.3 Å². The molecule has 0 aromatic carbocycles. The Morgan fingerprint density at radius 1 is 1.44 bits per heavy atom. The lowest BCUT2D eigenvalue weighted by atomic mass is 10.1. The van der Waals surface area contributed by atoms with Gasteiger partial charge >= 0.3 is 0 Å². The summed E-state index contributed by atoms with van der Waals surface area (Å²) < 4.78 is 22.7. The quantitative estimate of drug-likeness (QED) is 0.786. The van der Waals surface area contributed by atoms with Crippen LogP contribution < -0.4 is 0 Å². The average molecular weight is 281 g/mol. The molecule has 1 fully saturated rings. The number of sulfone groups is 1. The van der Waals surface area contributed by atoms with E-state index in [2.05, 4.69) is 10.2 Å².